The van der Waals surface area contributed by atoms with Crippen LogP contribution in [0.1, 0.15) is 6.92 Å². The van der Waals surface area contributed by atoms with Crippen LogP contribution in [0.5, 0.6) is 5.75 Å². The third-order valence-electron chi connectivity index (χ3n) is 3.17. The molecule has 3 aromatic rings. The van der Waals surface area contributed by atoms with Crippen LogP contribution in [-0.4, -0.2) is 6.61 Å². The van der Waals surface area contributed by atoms with Gasteiger partial charge >= 0.3 is 0 Å². The highest BCUT2D eigenvalue weighted by molar-refractivity contribution is 7.18. The molecule has 20 heavy (non-hydrogen) atoms. The molecule has 2 aromatic carbocycles. The van der Waals surface area contributed by atoms with Crippen molar-refractivity contribution in [3.05, 3.63) is 34.9 Å². The number of hydrogen-bond donors (Lipinski definition) is 0. The zero-order valence-corrected chi connectivity index (χ0v) is 11.6. The largest absolute Gasteiger partial charge is 0.493 e. The van der Waals surface area contributed by atoms with Crippen LogP contribution in [0, 0.1) is 22.7 Å². The van der Waals surface area contributed by atoms with Crippen LogP contribution < -0.4 is 9.27 Å². The summed E-state index contributed by atoms with van der Waals surface area (Å²) in [7, 11) is 0. The fourth-order valence-electron chi connectivity index (χ4n) is 2.38. The number of benzene rings is 2. The van der Waals surface area contributed by atoms with Gasteiger partial charge in [-0.25, -0.2) is 0 Å². The van der Waals surface area contributed by atoms with Gasteiger partial charge in [0.1, 0.15) is 23.5 Å². The zero-order valence-electron chi connectivity index (χ0n) is 10.8. The smallest absolute Gasteiger partial charge is 0.147 e. The molecule has 0 aliphatic rings. The van der Waals surface area contributed by atoms with Crippen LogP contribution in [-0.2, 0) is 0 Å². The van der Waals surface area contributed by atoms with Gasteiger partial charge in [-0.2, -0.15) is 10.5 Å². The summed E-state index contributed by atoms with van der Waals surface area (Å²) in [6.07, 6.45) is 0. The molecule has 0 saturated heterocycles. The van der Waals surface area contributed by atoms with Crippen molar-refractivity contribution in [2.75, 3.05) is 6.61 Å². The molecule has 3 nitrogen and oxygen atoms in total. The van der Waals surface area contributed by atoms with Crippen molar-refractivity contribution in [1.29, 1.82) is 10.5 Å². The van der Waals surface area contributed by atoms with Crippen molar-refractivity contribution in [3.8, 4) is 17.9 Å². The molecule has 0 bridgehead atoms. The lowest BCUT2D eigenvalue weighted by molar-refractivity contribution is 0.344. The molecule has 0 amide bonds. The third kappa shape index (κ3) is 1.71. The molecule has 4 heteroatoms. The monoisotopic (exact) mass is 278 g/mol. The molecule has 0 spiro atoms. The molecule has 0 radical (unpaired) electrons. The Bertz CT molecular complexity index is 925. The topological polar surface area (TPSA) is 56.8 Å². The quantitative estimate of drug-likeness (QED) is 0.722. The molecule has 0 aliphatic carbocycles. The molecule has 1 aromatic heterocycles. The summed E-state index contributed by atoms with van der Waals surface area (Å²) in [6.45, 7) is 2.56. The number of rotatable bonds is 2. The number of nitriles is 2. The fraction of sp³-hybridized carbons (Fsp3) is 0.125. The van der Waals surface area contributed by atoms with Crippen molar-refractivity contribution in [2.45, 2.75) is 6.92 Å². The SMILES string of the molecule is CCOc1ccc2c(=C(C#N)C#N)sc3cccc1c32. The summed E-state index contributed by atoms with van der Waals surface area (Å²) in [6, 6.07) is 13.8. The summed E-state index contributed by atoms with van der Waals surface area (Å²) in [5.41, 5.74) is 0.164. The number of ether oxygens (including phenoxy) is 1. The van der Waals surface area contributed by atoms with E-state index in [2.05, 4.69) is 0 Å². The minimum absolute atomic E-state index is 0.164. The molecule has 0 aliphatic heterocycles. The summed E-state index contributed by atoms with van der Waals surface area (Å²) in [4.78, 5) is 0. The third-order valence-corrected chi connectivity index (χ3v) is 4.36. The molecule has 1 heterocycles. The summed E-state index contributed by atoms with van der Waals surface area (Å²) >= 11 is 1.48. The van der Waals surface area contributed by atoms with Crippen LogP contribution >= 0.6 is 11.3 Å². The van der Waals surface area contributed by atoms with Gasteiger partial charge in [0.05, 0.1) is 11.1 Å². The van der Waals surface area contributed by atoms with Gasteiger partial charge < -0.3 is 4.74 Å². The highest BCUT2D eigenvalue weighted by Gasteiger charge is 2.12. The van der Waals surface area contributed by atoms with Crippen LogP contribution in [0.4, 0.5) is 0 Å². The number of thiophene rings is 1. The average Bonchev–Trinajstić information content (AvgIpc) is 2.84. The van der Waals surface area contributed by atoms with Gasteiger partial charge in [0.2, 0.25) is 0 Å². The lowest BCUT2D eigenvalue weighted by atomic mass is 10.1. The molecule has 0 fully saturated rings. The second kappa shape index (κ2) is 4.85. The summed E-state index contributed by atoms with van der Waals surface area (Å²) in [5.74, 6) is 0.838. The average molecular weight is 278 g/mol. The van der Waals surface area contributed by atoms with E-state index in [9.17, 15) is 0 Å². The van der Waals surface area contributed by atoms with E-state index in [4.69, 9.17) is 15.3 Å². The first kappa shape index (κ1) is 12.5. The molecule has 0 N–H and O–H groups in total. The molecular formula is C16H10N2OS. The van der Waals surface area contributed by atoms with Crippen molar-refractivity contribution < 1.29 is 4.74 Å². The van der Waals surface area contributed by atoms with Crippen LogP contribution in [0.3, 0.4) is 0 Å². The van der Waals surface area contributed by atoms with Gasteiger partial charge in [-0.05, 0) is 25.1 Å². The molecule has 3 rings (SSSR count). The first-order valence-electron chi connectivity index (χ1n) is 6.21. The van der Waals surface area contributed by atoms with Crippen molar-refractivity contribution in [2.24, 2.45) is 0 Å². The Labute approximate surface area is 119 Å². The Morgan fingerprint density at radius 1 is 1.15 bits per heavy atom. The minimum Gasteiger partial charge on any atom is -0.493 e. The zero-order chi connectivity index (χ0) is 14.1. The Hall–Kier alpha value is -2.56. The lowest BCUT2D eigenvalue weighted by Crippen LogP contribution is -1.98. The van der Waals surface area contributed by atoms with Crippen LogP contribution in [0.2, 0.25) is 0 Å². The van der Waals surface area contributed by atoms with Gasteiger partial charge in [0.15, 0.2) is 0 Å². The van der Waals surface area contributed by atoms with Crippen molar-refractivity contribution in [1.82, 2.24) is 0 Å². The van der Waals surface area contributed by atoms with E-state index in [0.29, 0.717) is 6.61 Å². The molecule has 0 unspecified atom stereocenters. The molecular weight excluding hydrogens is 268 g/mol. The maximum Gasteiger partial charge on any atom is 0.147 e. The second-order valence-corrected chi connectivity index (χ2v) is 5.30. The molecule has 0 atom stereocenters. The maximum absolute atomic E-state index is 9.09. The summed E-state index contributed by atoms with van der Waals surface area (Å²) < 4.78 is 7.46. The van der Waals surface area contributed by atoms with E-state index in [1.54, 1.807) is 0 Å². The minimum atomic E-state index is 0.164. The Kier molecular flexibility index (Phi) is 3.02. The van der Waals surface area contributed by atoms with E-state index in [1.807, 2.05) is 49.4 Å². The van der Waals surface area contributed by atoms with Gasteiger partial charge in [0, 0.05) is 20.9 Å². The van der Waals surface area contributed by atoms with E-state index >= 15 is 0 Å². The highest BCUT2D eigenvalue weighted by atomic mass is 32.1. The lowest BCUT2D eigenvalue weighted by Gasteiger charge is -2.07. The van der Waals surface area contributed by atoms with Gasteiger partial charge in [-0.1, -0.05) is 12.1 Å². The van der Waals surface area contributed by atoms with Gasteiger partial charge in [-0.3, -0.25) is 0 Å². The van der Waals surface area contributed by atoms with Crippen molar-refractivity contribution >= 4 is 37.8 Å². The number of hydrogen-bond acceptors (Lipinski definition) is 4. The maximum atomic E-state index is 9.09. The first-order valence-corrected chi connectivity index (χ1v) is 7.03. The predicted molar refractivity (Wildman–Crippen MR) is 80.4 cm³/mol. The normalized spacial score (nSPS) is 10.3. The predicted octanol–water partition coefficient (Wildman–Crippen LogP) is 3.37. The van der Waals surface area contributed by atoms with Gasteiger partial charge in [0.25, 0.3) is 0 Å². The van der Waals surface area contributed by atoms with Crippen molar-refractivity contribution in [3.63, 3.8) is 0 Å². The summed E-state index contributed by atoms with van der Waals surface area (Å²) in [5, 5.41) is 21.2. The van der Waals surface area contributed by atoms with E-state index in [0.717, 1.165) is 31.1 Å². The van der Waals surface area contributed by atoms with E-state index in [-0.39, 0.29) is 5.57 Å². The van der Waals surface area contributed by atoms with Gasteiger partial charge in [-0.15, -0.1) is 11.3 Å². The Balaban J connectivity index is 2.53. The highest BCUT2D eigenvalue weighted by Crippen LogP contribution is 2.34. The second-order valence-electron chi connectivity index (χ2n) is 4.25. The Morgan fingerprint density at radius 2 is 1.95 bits per heavy atom. The Morgan fingerprint density at radius 3 is 2.65 bits per heavy atom. The van der Waals surface area contributed by atoms with Crippen LogP contribution in [0.15, 0.2) is 30.3 Å². The molecule has 0 saturated carbocycles. The van der Waals surface area contributed by atoms with Crippen LogP contribution in [0.25, 0.3) is 26.4 Å². The fourth-order valence-corrected chi connectivity index (χ4v) is 3.54. The standard InChI is InChI=1S/C16H10N2OS/c1-2-19-13-7-6-12-15-11(13)4-3-5-14(15)20-16(12)10(8-17)9-18/h3-7H,2H2,1H3. The van der Waals surface area contributed by atoms with E-state index < -0.39 is 0 Å². The first-order chi connectivity index (χ1) is 9.80. The molecule has 96 valence electrons. The number of nitrogens with zero attached hydrogens (tertiary/aromatic N) is 2. The van der Waals surface area contributed by atoms with E-state index in [1.165, 1.54) is 11.3 Å².